The molecule has 41 heavy (non-hydrogen) atoms. The molecular formula is C26H32F6N4O4S. The molecule has 1 saturated heterocycles. The fourth-order valence-electron chi connectivity index (χ4n) is 4.49. The van der Waals surface area contributed by atoms with E-state index in [1.165, 1.54) is 0 Å². The Labute approximate surface area is 238 Å². The van der Waals surface area contributed by atoms with Gasteiger partial charge in [-0.15, -0.1) is 0 Å². The summed E-state index contributed by atoms with van der Waals surface area (Å²) >= 11 is 0.887. The van der Waals surface area contributed by atoms with Crippen LogP contribution in [-0.2, 0) is 33.2 Å². The Kier molecular flexibility index (Phi) is 11.8. The summed E-state index contributed by atoms with van der Waals surface area (Å²) < 4.78 is 89.6. The van der Waals surface area contributed by atoms with E-state index in [4.69, 9.17) is 9.47 Å². The van der Waals surface area contributed by atoms with Crippen LogP contribution < -0.4 is 5.32 Å². The first kappa shape index (κ1) is 33.0. The van der Waals surface area contributed by atoms with Crippen LogP contribution in [0.4, 0.5) is 31.1 Å². The number of ether oxygens (including phenoxy) is 2. The molecule has 0 atom stereocenters. The van der Waals surface area contributed by atoms with E-state index in [9.17, 15) is 35.9 Å². The number of nitrogens with zero attached hydrogens (tertiary/aromatic N) is 3. The van der Waals surface area contributed by atoms with Crippen LogP contribution in [0.1, 0.15) is 29.5 Å². The van der Waals surface area contributed by atoms with E-state index in [0.717, 1.165) is 17.8 Å². The van der Waals surface area contributed by atoms with Gasteiger partial charge in [0.2, 0.25) is 5.91 Å². The Morgan fingerprint density at radius 2 is 1.73 bits per heavy atom. The van der Waals surface area contributed by atoms with Crippen LogP contribution in [0.3, 0.4) is 0 Å². The number of halogens is 6. The number of nitrogens with one attached hydrogen (secondary N) is 1. The van der Waals surface area contributed by atoms with Crippen LogP contribution in [0.25, 0.3) is 0 Å². The van der Waals surface area contributed by atoms with Crippen LogP contribution in [0.15, 0.2) is 34.2 Å². The lowest BCUT2D eigenvalue weighted by atomic mass is 9.95. The summed E-state index contributed by atoms with van der Waals surface area (Å²) in [7, 11) is 3.11. The van der Waals surface area contributed by atoms with Gasteiger partial charge in [0, 0.05) is 33.9 Å². The first-order valence-electron chi connectivity index (χ1n) is 12.8. The normalized spacial score (nSPS) is 18.4. The highest BCUT2D eigenvalue weighted by Gasteiger charge is 2.38. The lowest BCUT2D eigenvalue weighted by Crippen LogP contribution is -2.42. The van der Waals surface area contributed by atoms with Crippen molar-refractivity contribution in [1.29, 1.82) is 0 Å². The van der Waals surface area contributed by atoms with Crippen molar-refractivity contribution in [3.63, 3.8) is 0 Å². The Hall–Kier alpha value is -2.46. The number of hydrogen-bond acceptors (Lipinski definition) is 7. The number of amides is 2. The fourth-order valence-corrected chi connectivity index (χ4v) is 5.27. The Morgan fingerprint density at radius 1 is 1.10 bits per heavy atom. The molecule has 0 aromatic heterocycles. The molecule has 1 N–H and O–H groups in total. The van der Waals surface area contributed by atoms with Crippen LogP contribution in [0.2, 0.25) is 0 Å². The molecule has 2 heterocycles. The van der Waals surface area contributed by atoms with Crippen molar-refractivity contribution in [2.45, 2.75) is 31.7 Å². The highest BCUT2D eigenvalue weighted by molar-refractivity contribution is 8.18. The number of carbonyl (C=O) groups is 2. The second kappa shape index (κ2) is 14.6. The number of likely N-dealkylation sites (tertiary alicyclic amines) is 1. The van der Waals surface area contributed by atoms with Gasteiger partial charge in [0.05, 0.1) is 35.8 Å². The number of thioether (sulfide) groups is 1. The molecule has 1 aromatic rings. The van der Waals surface area contributed by atoms with E-state index in [2.05, 4.69) is 10.3 Å². The minimum Gasteiger partial charge on any atom is -0.383 e. The number of amidine groups is 1. The SMILES string of the molecule is COCCN(CCOC)CC(=O)NC1=NC(=O)S/C1=C\C1CCN(Cc2ccc(C(F)(F)F)cc2C(F)(F)F)CC1. The summed E-state index contributed by atoms with van der Waals surface area (Å²) in [5.74, 6) is -0.231. The predicted molar refractivity (Wildman–Crippen MR) is 141 cm³/mol. The van der Waals surface area contributed by atoms with Gasteiger partial charge in [-0.25, -0.2) is 0 Å². The van der Waals surface area contributed by atoms with Crippen LogP contribution in [-0.4, -0.2) is 86.9 Å². The third-order valence-electron chi connectivity index (χ3n) is 6.64. The summed E-state index contributed by atoms with van der Waals surface area (Å²) in [5.41, 5.74) is -2.86. The Balaban J connectivity index is 1.60. The molecule has 8 nitrogen and oxygen atoms in total. The molecule has 2 aliphatic rings. The van der Waals surface area contributed by atoms with Gasteiger partial charge in [0.15, 0.2) is 5.84 Å². The zero-order chi connectivity index (χ0) is 30.2. The molecule has 1 fully saturated rings. The van der Waals surface area contributed by atoms with Crippen LogP contribution in [0, 0.1) is 5.92 Å². The number of methoxy groups -OCH3 is 2. The maximum atomic E-state index is 13.5. The first-order valence-corrected chi connectivity index (χ1v) is 13.6. The predicted octanol–water partition coefficient (Wildman–Crippen LogP) is 4.80. The highest BCUT2D eigenvalue weighted by atomic mass is 32.2. The molecular weight excluding hydrogens is 578 g/mol. The maximum Gasteiger partial charge on any atom is 0.416 e. The second-order valence-electron chi connectivity index (χ2n) is 9.65. The molecule has 2 amide bonds. The van der Waals surface area contributed by atoms with Crippen molar-refractivity contribution >= 4 is 28.7 Å². The standard InChI is InChI=1S/C26H32F6N4O4S/c1-39-11-9-36(10-12-40-2)16-22(37)33-23-21(41-24(38)34-23)13-17-5-7-35(8-6-17)15-18-3-4-19(25(27,28)29)14-20(18)26(30,31)32/h3-4,13-14,17H,5-12,15-16H2,1-2H3,(H,33,34,37,38)/b21-13-. The number of alkyl halides is 6. The third-order valence-corrected chi connectivity index (χ3v) is 7.45. The molecule has 0 aliphatic carbocycles. The quantitative estimate of drug-likeness (QED) is 0.361. The number of allylic oxidation sites excluding steroid dienone is 1. The molecule has 0 unspecified atom stereocenters. The van der Waals surface area contributed by atoms with Crippen molar-refractivity contribution in [3.8, 4) is 0 Å². The Morgan fingerprint density at radius 3 is 2.29 bits per heavy atom. The fraction of sp³-hybridized carbons (Fsp3) is 0.577. The van der Waals surface area contributed by atoms with E-state index >= 15 is 0 Å². The molecule has 15 heteroatoms. The zero-order valence-corrected chi connectivity index (χ0v) is 23.4. The molecule has 2 aliphatic heterocycles. The lowest BCUT2D eigenvalue weighted by molar-refractivity contribution is -0.143. The van der Waals surface area contributed by atoms with E-state index in [1.807, 2.05) is 11.0 Å². The third kappa shape index (κ3) is 10.1. The highest BCUT2D eigenvalue weighted by Crippen LogP contribution is 2.38. The number of rotatable bonds is 11. The number of carbonyl (C=O) groups excluding carboxylic acids is 2. The summed E-state index contributed by atoms with van der Waals surface area (Å²) in [4.78, 5) is 32.7. The summed E-state index contributed by atoms with van der Waals surface area (Å²) in [6.07, 6.45) is -6.87. The smallest absolute Gasteiger partial charge is 0.383 e. The number of piperidine rings is 1. The maximum absolute atomic E-state index is 13.5. The topological polar surface area (TPSA) is 83.5 Å². The van der Waals surface area contributed by atoms with E-state index in [-0.39, 0.29) is 42.4 Å². The molecule has 0 radical (unpaired) electrons. The van der Waals surface area contributed by atoms with Gasteiger partial charge in [-0.1, -0.05) is 12.1 Å². The molecule has 0 bridgehead atoms. The number of hydrogen-bond donors (Lipinski definition) is 1. The minimum atomic E-state index is -4.92. The van der Waals surface area contributed by atoms with Crippen molar-refractivity contribution in [2.24, 2.45) is 10.9 Å². The largest absolute Gasteiger partial charge is 0.416 e. The second-order valence-corrected chi connectivity index (χ2v) is 10.6. The van der Waals surface area contributed by atoms with Gasteiger partial charge in [-0.3, -0.25) is 19.4 Å². The molecule has 3 rings (SSSR count). The molecule has 228 valence electrons. The number of benzene rings is 1. The summed E-state index contributed by atoms with van der Waals surface area (Å²) in [6, 6.07) is 1.71. The van der Waals surface area contributed by atoms with E-state index < -0.39 is 28.7 Å². The monoisotopic (exact) mass is 610 g/mol. The van der Waals surface area contributed by atoms with Gasteiger partial charge in [-0.2, -0.15) is 31.3 Å². The van der Waals surface area contributed by atoms with Gasteiger partial charge in [-0.05, 0) is 61.3 Å². The zero-order valence-electron chi connectivity index (χ0n) is 22.6. The average Bonchev–Trinajstić information content (AvgIpc) is 3.23. The van der Waals surface area contributed by atoms with Gasteiger partial charge in [0.1, 0.15) is 0 Å². The van der Waals surface area contributed by atoms with Crippen LogP contribution >= 0.6 is 11.8 Å². The van der Waals surface area contributed by atoms with Gasteiger partial charge in [0.25, 0.3) is 0 Å². The lowest BCUT2D eigenvalue weighted by Gasteiger charge is -2.31. The van der Waals surface area contributed by atoms with Crippen molar-refractivity contribution in [2.75, 3.05) is 60.2 Å². The van der Waals surface area contributed by atoms with Crippen LogP contribution in [0.5, 0.6) is 0 Å². The molecule has 0 saturated carbocycles. The van der Waals surface area contributed by atoms with E-state index in [1.54, 1.807) is 19.1 Å². The summed E-state index contributed by atoms with van der Waals surface area (Å²) in [6.45, 7) is 2.56. The number of aliphatic imine (C=N–C) groups is 1. The van der Waals surface area contributed by atoms with Crippen molar-refractivity contribution in [3.05, 3.63) is 45.9 Å². The van der Waals surface area contributed by atoms with Gasteiger partial charge < -0.3 is 14.8 Å². The average molecular weight is 611 g/mol. The first-order chi connectivity index (χ1) is 19.3. The van der Waals surface area contributed by atoms with Gasteiger partial charge >= 0.3 is 17.6 Å². The summed E-state index contributed by atoms with van der Waals surface area (Å²) in [5, 5.41) is 2.22. The minimum absolute atomic E-state index is 0.0312. The van der Waals surface area contributed by atoms with Crippen molar-refractivity contribution < 1.29 is 45.4 Å². The molecule has 1 aromatic carbocycles. The van der Waals surface area contributed by atoms with Crippen molar-refractivity contribution in [1.82, 2.24) is 15.1 Å². The molecule has 0 spiro atoms. The van der Waals surface area contributed by atoms with E-state index in [0.29, 0.717) is 63.2 Å². The Bertz CT molecular complexity index is 1130.